The first-order valence-electron chi connectivity index (χ1n) is 4.91. The van der Waals surface area contributed by atoms with Crippen LogP contribution in [0, 0.1) is 0 Å². The molecular weight excluding hydrogens is 272 g/mol. The molecule has 0 unspecified atom stereocenters. The molecule has 0 spiro atoms. The van der Waals surface area contributed by atoms with Crippen LogP contribution in [0.3, 0.4) is 0 Å². The molecule has 2 nitrogen and oxygen atoms in total. The van der Waals surface area contributed by atoms with Crippen LogP contribution in [-0.4, -0.2) is 4.89 Å². The van der Waals surface area contributed by atoms with Crippen molar-refractivity contribution in [1.29, 1.82) is 0 Å². The molecule has 0 aromatic heterocycles. The van der Waals surface area contributed by atoms with Gasteiger partial charge in [-0.1, -0.05) is 0 Å². The maximum absolute atomic E-state index is 8.46. The Kier molecular flexibility index (Phi) is 6.84. The van der Waals surface area contributed by atoms with Gasteiger partial charge in [-0.05, 0) is 0 Å². The molecular formula is C12H11O2PZn. The van der Waals surface area contributed by atoms with Gasteiger partial charge in [-0.25, -0.2) is 4.57 Å². The number of rotatable bonds is 2. The quantitative estimate of drug-likeness (QED) is 0.675. The molecule has 1 N–H and O–H groups in total. The van der Waals surface area contributed by atoms with E-state index >= 15 is 0 Å². The molecule has 0 aliphatic carbocycles. The SMILES string of the molecule is O=PO.c1cc[c]([Zn][c]2ccccc2)cc1. The van der Waals surface area contributed by atoms with Crippen molar-refractivity contribution >= 4 is 17.0 Å². The van der Waals surface area contributed by atoms with Gasteiger partial charge in [0, 0.05) is 0 Å². The van der Waals surface area contributed by atoms with Gasteiger partial charge in [0.1, 0.15) is 0 Å². The minimum atomic E-state index is -0.833. The normalized spacial score (nSPS) is 8.81. The van der Waals surface area contributed by atoms with Gasteiger partial charge in [-0.15, -0.1) is 0 Å². The summed E-state index contributed by atoms with van der Waals surface area (Å²) < 4.78 is 11.6. The molecule has 16 heavy (non-hydrogen) atoms. The topological polar surface area (TPSA) is 37.3 Å². The van der Waals surface area contributed by atoms with Gasteiger partial charge in [0.15, 0.2) is 0 Å². The Morgan fingerprint density at radius 2 is 1.12 bits per heavy atom. The Morgan fingerprint density at radius 1 is 0.812 bits per heavy atom. The van der Waals surface area contributed by atoms with E-state index in [0.717, 1.165) is 0 Å². The summed E-state index contributed by atoms with van der Waals surface area (Å²) in [6, 6.07) is 21.6. The summed E-state index contributed by atoms with van der Waals surface area (Å²) >= 11 is -0.676. The van der Waals surface area contributed by atoms with Gasteiger partial charge < -0.3 is 4.89 Å². The third-order valence-electron chi connectivity index (χ3n) is 2.09. The Morgan fingerprint density at radius 3 is 1.44 bits per heavy atom. The van der Waals surface area contributed by atoms with E-state index in [1.54, 1.807) is 8.32 Å². The zero-order valence-corrected chi connectivity index (χ0v) is 12.6. The van der Waals surface area contributed by atoms with E-state index in [9.17, 15) is 0 Å². The minimum absolute atomic E-state index is 0.676. The average Bonchev–Trinajstić information content (AvgIpc) is 2.33. The van der Waals surface area contributed by atoms with E-state index in [-0.39, 0.29) is 0 Å². The first-order valence-corrected chi connectivity index (χ1v) is 8.64. The fourth-order valence-electron chi connectivity index (χ4n) is 1.43. The van der Waals surface area contributed by atoms with Gasteiger partial charge in [0.25, 0.3) is 0 Å². The van der Waals surface area contributed by atoms with Crippen LogP contribution in [0.1, 0.15) is 0 Å². The van der Waals surface area contributed by atoms with Gasteiger partial charge >= 0.3 is 94.8 Å². The van der Waals surface area contributed by atoms with Gasteiger partial charge in [-0.2, -0.15) is 0 Å². The van der Waals surface area contributed by atoms with Crippen molar-refractivity contribution in [1.82, 2.24) is 0 Å². The predicted octanol–water partition coefficient (Wildman–Crippen LogP) is 1.91. The summed E-state index contributed by atoms with van der Waals surface area (Å²) in [7, 11) is -0.833. The Balaban J connectivity index is 0.000000386. The molecule has 0 aliphatic rings. The fraction of sp³-hybridized carbons (Fsp3) is 0. The molecule has 0 saturated carbocycles. The van der Waals surface area contributed by atoms with E-state index in [4.69, 9.17) is 9.46 Å². The number of benzene rings is 2. The molecule has 0 atom stereocenters. The summed E-state index contributed by atoms with van der Waals surface area (Å²) in [5, 5.41) is 0. The third-order valence-corrected chi connectivity index (χ3v) is 5.79. The van der Waals surface area contributed by atoms with Crippen LogP contribution >= 0.6 is 8.69 Å². The molecule has 0 fully saturated rings. The van der Waals surface area contributed by atoms with Crippen molar-refractivity contribution in [3.63, 3.8) is 0 Å². The molecule has 2 rings (SSSR count). The standard InChI is InChI=1S/2C6H5.HO2P.Zn/c2*1-2-4-6-5-3-1;1-3-2;/h2*1-5H;(H,1,2);. The van der Waals surface area contributed by atoms with E-state index in [2.05, 4.69) is 60.7 Å². The van der Waals surface area contributed by atoms with Crippen molar-refractivity contribution < 1.29 is 26.6 Å². The van der Waals surface area contributed by atoms with Crippen molar-refractivity contribution in [3.05, 3.63) is 60.7 Å². The van der Waals surface area contributed by atoms with Gasteiger partial charge in [0.2, 0.25) is 0 Å². The molecule has 0 radical (unpaired) electrons. The second-order valence-electron chi connectivity index (χ2n) is 3.23. The van der Waals surface area contributed by atoms with Crippen molar-refractivity contribution in [2.45, 2.75) is 0 Å². The molecule has 2 aromatic carbocycles. The molecule has 0 heterocycles. The van der Waals surface area contributed by atoms with Crippen LogP contribution in [-0.2, 0) is 21.7 Å². The van der Waals surface area contributed by atoms with E-state index in [1.807, 2.05) is 0 Å². The summed E-state index contributed by atoms with van der Waals surface area (Å²) in [6.07, 6.45) is 0. The van der Waals surface area contributed by atoms with Gasteiger partial charge in [0.05, 0.1) is 0 Å². The molecule has 0 bridgehead atoms. The molecule has 4 heteroatoms. The molecule has 78 valence electrons. The number of hydrogen-bond donors (Lipinski definition) is 1. The number of hydrogen-bond acceptors (Lipinski definition) is 1. The predicted molar refractivity (Wildman–Crippen MR) is 62.0 cm³/mol. The molecule has 0 saturated heterocycles. The van der Waals surface area contributed by atoms with Crippen LogP contribution in [0.5, 0.6) is 0 Å². The van der Waals surface area contributed by atoms with Crippen LogP contribution in [0.25, 0.3) is 0 Å². The van der Waals surface area contributed by atoms with Crippen molar-refractivity contribution in [2.75, 3.05) is 0 Å². The maximum atomic E-state index is 8.46. The second kappa shape index (κ2) is 8.30. The fourth-order valence-corrected chi connectivity index (χ4v) is 4.55. The zero-order chi connectivity index (χ0) is 11.6. The second-order valence-corrected chi connectivity index (χ2v) is 7.56. The first kappa shape index (κ1) is 13.2. The van der Waals surface area contributed by atoms with Crippen LogP contribution in [0.4, 0.5) is 0 Å². The summed E-state index contributed by atoms with van der Waals surface area (Å²) in [5.74, 6) is 0. The van der Waals surface area contributed by atoms with Crippen molar-refractivity contribution in [3.8, 4) is 0 Å². The summed E-state index contributed by atoms with van der Waals surface area (Å²) in [5.41, 5.74) is 0. The van der Waals surface area contributed by atoms with Crippen molar-refractivity contribution in [2.24, 2.45) is 0 Å². The molecule has 0 aliphatic heterocycles. The monoisotopic (exact) mass is 282 g/mol. The Bertz CT molecular complexity index is 368. The Labute approximate surface area is 104 Å². The van der Waals surface area contributed by atoms with Gasteiger partial charge in [-0.3, -0.25) is 0 Å². The Hall–Kier alpha value is -0.877. The average molecular weight is 284 g/mol. The van der Waals surface area contributed by atoms with Crippen LogP contribution in [0.2, 0.25) is 0 Å². The zero-order valence-electron chi connectivity index (χ0n) is 8.78. The summed E-state index contributed by atoms with van der Waals surface area (Å²) in [6.45, 7) is 0. The molecule has 0 amide bonds. The van der Waals surface area contributed by atoms with E-state index < -0.39 is 25.8 Å². The summed E-state index contributed by atoms with van der Waals surface area (Å²) in [4.78, 5) is 6.99. The third kappa shape index (κ3) is 5.27. The van der Waals surface area contributed by atoms with E-state index in [1.165, 1.54) is 0 Å². The van der Waals surface area contributed by atoms with Crippen LogP contribution in [0.15, 0.2) is 60.7 Å². The van der Waals surface area contributed by atoms with Crippen LogP contribution < -0.4 is 8.32 Å². The van der Waals surface area contributed by atoms with E-state index in [0.29, 0.717) is 0 Å². The molecule has 2 aromatic rings. The first-order chi connectivity index (χ1) is 7.86.